The molecular weight excluding hydrogens is 248 g/mol. The highest BCUT2D eigenvalue weighted by Gasteiger charge is 2.32. The Balaban J connectivity index is 4.58. The molecule has 0 atom stereocenters. The largest absolute Gasteiger partial charge is 0.459 e. The SMILES string of the molecule is CCCC(CCC)(CCC)OC(=O)CCC(C)(C)CC. The van der Waals surface area contributed by atoms with E-state index in [1.165, 1.54) is 0 Å². The molecule has 20 heavy (non-hydrogen) atoms. The van der Waals surface area contributed by atoms with E-state index >= 15 is 0 Å². The van der Waals surface area contributed by atoms with Crippen LogP contribution in [-0.4, -0.2) is 11.6 Å². The van der Waals surface area contributed by atoms with Gasteiger partial charge in [-0.15, -0.1) is 0 Å². The van der Waals surface area contributed by atoms with Crippen molar-refractivity contribution < 1.29 is 9.53 Å². The molecule has 0 saturated heterocycles. The van der Waals surface area contributed by atoms with Crippen LogP contribution in [0.25, 0.3) is 0 Å². The summed E-state index contributed by atoms with van der Waals surface area (Å²) >= 11 is 0. The Labute approximate surface area is 126 Å². The molecule has 0 aliphatic heterocycles. The lowest BCUT2D eigenvalue weighted by Crippen LogP contribution is -2.35. The summed E-state index contributed by atoms with van der Waals surface area (Å²) in [6.45, 7) is 13.1. The number of hydrogen-bond donors (Lipinski definition) is 0. The van der Waals surface area contributed by atoms with Crippen molar-refractivity contribution in [1.29, 1.82) is 0 Å². The fourth-order valence-electron chi connectivity index (χ4n) is 2.80. The second-order valence-corrected chi connectivity index (χ2v) is 6.92. The molecule has 0 bridgehead atoms. The highest BCUT2D eigenvalue weighted by Crippen LogP contribution is 2.32. The van der Waals surface area contributed by atoms with Crippen molar-refractivity contribution in [2.24, 2.45) is 5.41 Å². The van der Waals surface area contributed by atoms with E-state index in [1.54, 1.807) is 0 Å². The van der Waals surface area contributed by atoms with Gasteiger partial charge in [0.05, 0.1) is 0 Å². The first kappa shape index (κ1) is 19.5. The molecule has 0 aliphatic rings. The fraction of sp³-hybridized carbons (Fsp3) is 0.944. The molecule has 0 saturated carbocycles. The predicted molar refractivity (Wildman–Crippen MR) is 86.9 cm³/mol. The lowest BCUT2D eigenvalue weighted by atomic mass is 9.85. The van der Waals surface area contributed by atoms with E-state index in [0.29, 0.717) is 6.42 Å². The van der Waals surface area contributed by atoms with Gasteiger partial charge >= 0.3 is 5.97 Å². The van der Waals surface area contributed by atoms with Gasteiger partial charge in [-0.1, -0.05) is 67.2 Å². The van der Waals surface area contributed by atoms with E-state index in [2.05, 4.69) is 41.5 Å². The van der Waals surface area contributed by atoms with Gasteiger partial charge in [-0.25, -0.2) is 0 Å². The summed E-state index contributed by atoms with van der Waals surface area (Å²) in [4.78, 5) is 12.2. The Hall–Kier alpha value is -0.530. The number of ether oxygens (including phenoxy) is 1. The Morgan fingerprint density at radius 3 is 1.65 bits per heavy atom. The Morgan fingerprint density at radius 2 is 1.30 bits per heavy atom. The van der Waals surface area contributed by atoms with Crippen LogP contribution in [-0.2, 0) is 9.53 Å². The van der Waals surface area contributed by atoms with Gasteiger partial charge in [0.1, 0.15) is 5.60 Å². The molecule has 2 heteroatoms. The molecule has 0 fully saturated rings. The number of esters is 1. The van der Waals surface area contributed by atoms with E-state index in [-0.39, 0.29) is 17.0 Å². The van der Waals surface area contributed by atoms with Crippen LogP contribution in [0.2, 0.25) is 0 Å². The van der Waals surface area contributed by atoms with Crippen LogP contribution in [0, 0.1) is 5.41 Å². The first-order valence-electron chi connectivity index (χ1n) is 8.56. The molecule has 0 aliphatic carbocycles. The molecule has 0 aromatic heterocycles. The molecule has 2 nitrogen and oxygen atoms in total. The standard InChI is InChI=1S/C18H36O2/c1-7-12-18(13-8-2,14-9-3)20-16(19)11-15-17(5,6)10-4/h7-15H2,1-6H3. The van der Waals surface area contributed by atoms with Gasteiger partial charge in [-0.2, -0.15) is 0 Å². The van der Waals surface area contributed by atoms with Crippen LogP contribution in [0.4, 0.5) is 0 Å². The molecular formula is C18H36O2. The van der Waals surface area contributed by atoms with Crippen LogP contribution >= 0.6 is 0 Å². The van der Waals surface area contributed by atoms with E-state index in [1.807, 2.05) is 0 Å². The second-order valence-electron chi connectivity index (χ2n) is 6.92. The third kappa shape index (κ3) is 7.31. The van der Waals surface area contributed by atoms with Gasteiger partial charge in [-0.3, -0.25) is 4.79 Å². The summed E-state index contributed by atoms with van der Waals surface area (Å²) in [5.41, 5.74) is 0.0354. The van der Waals surface area contributed by atoms with Gasteiger partial charge in [0.2, 0.25) is 0 Å². The molecule has 0 aromatic rings. The zero-order valence-electron chi connectivity index (χ0n) is 14.7. The van der Waals surface area contributed by atoms with Crippen molar-refractivity contribution >= 4 is 5.97 Å². The van der Waals surface area contributed by atoms with Crippen molar-refractivity contribution in [2.75, 3.05) is 0 Å². The average molecular weight is 284 g/mol. The van der Waals surface area contributed by atoms with Crippen LogP contribution in [0.15, 0.2) is 0 Å². The van der Waals surface area contributed by atoms with Gasteiger partial charge in [0.25, 0.3) is 0 Å². The molecule has 0 aromatic carbocycles. The lowest BCUT2D eigenvalue weighted by Gasteiger charge is -2.34. The molecule has 0 amide bonds. The van der Waals surface area contributed by atoms with Crippen LogP contribution in [0.5, 0.6) is 0 Å². The normalized spacial score (nSPS) is 12.5. The summed E-state index contributed by atoms with van der Waals surface area (Å²) in [6.07, 6.45) is 8.80. The molecule has 0 radical (unpaired) electrons. The molecule has 0 spiro atoms. The highest BCUT2D eigenvalue weighted by molar-refractivity contribution is 5.70. The van der Waals surface area contributed by atoms with Crippen molar-refractivity contribution in [1.82, 2.24) is 0 Å². The maximum atomic E-state index is 12.2. The van der Waals surface area contributed by atoms with Gasteiger partial charge in [-0.05, 0) is 31.1 Å². The van der Waals surface area contributed by atoms with Crippen LogP contribution in [0.3, 0.4) is 0 Å². The van der Waals surface area contributed by atoms with E-state index in [0.717, 1.165) is 51.4 Å². The van der Waals surface area contributed by atoms with Crippen molar-refractivity contribution in [3.05, 3.63) is 0 Å². The summed E-state index contributed by atoms with van der Waals surface area (Å²) in [5.74, 6) is 0.00174. The first-order valence-corrected chi connectivity index (χ1v) is 8.56. The zero-order chi connectivity index (χ0) is 15.6. The van der Waals surface area contributed by atoms with Crippen LogP contribution in [0.1, 0.15) is 99.3 Å². The third-order valence-electron chi connectivity index (χ3n) is 4.41. The first-order chi connectivity index (χ1) is 9.34. The predicted octanol–water partition coefficient (Wildman–Crippen LogP) is 5.89. The van der Waals surface area contributed by atoms with Crippen LogP contribution < -0.4 is 0 Å². The van der Waals surface area contributed by atoms with Gasteiger partial charge < -0.3 is 4.74 Å². The maximum absolute atomic E-state index is 12.2. The maximum Gasteiger partial charge on any atom is 0.306 e. The summed E-state index contributed by atoms with van der Waals surface area (Å²) in [7, 11) is 0. The Morgan fingerprint density at radius 1 is 0.850 bits per heavy atom. The monoisotopic (exact) mass is 284 g/mol. The number of rotatable bonds is 11. The summed E-state index contributed by atoms with van der Waals surface area (Å²) < 4.78 is 5.96. The third-order valence-corrected chi connectivity index (χ3v) is 4.41. The second kappa shape index (κ2) is 9.41. The van der Waals surface area contributed by atoms with Gasteiger partial charge in [0.15, 0.2) is 0 Å². The average Bonchev–Trinajstić information content (AvgIpc) is 2.37. The lowest BCUT2D eigenvalue weighted by molar-refractivity contribution is -0.163. The van der Waals surface area contributed by atoms with Crippen molar-refractivity contribution in [3.63, 3.8) is 0 Å². The fourth-order valence-corrected chi connectivity index (χ4v) is 2.80. The quantitative estimate of drug-likeness (QED) is 0.442. The topological polar surface area (TPSA) is 26.3 Å². The van der Waals surface area contributed by atoms with E-state index in [9.17, 15) is 4.79 Å². The molecule has 0 heterocycles. The minimum Gasteiger partial charge on any atom is -0.459 e. The number of carbonyl (C=O) groups is 1. The summed E-state index contributed by atoms with van der Waals surface area (Å²) in [5, 5.41) is 0. The molecule has 120 valence electrons. The zero-order valence-corrected chi connectivity index (χ0v) is 14.7. The van der Waals surface area contributed by atoms with Crippen molar-refractivity contribution in [3.8, 4) is 0 Å². The highest BCUT2D eigenvalue weighted by atomic mass is 16.6. The van der Waals surface area contributed by atoms with E-state index in [4.69, 9.17) is 4.74 Å². The van der Waals surface area contributed by atoms with E-state index < -0.39 is 0 Å². The summed E-state index contributed by atoms with van der Waals surface area (Å²) in [6, 6.07) is 0. The van der Waals surface area contributed by atoms with Crippen molar-refractivity contribution in [2.45, 2.75) is 105 Å². The molecule has 0 N–H and O–H groups in total. The Kier molecular flexibility index (Phi) is 9.16. The smallest absolute Gasteiger partial charge is 0.306 e. The minimum absolute atomic E-state index is 0.00174. The van der Waals surface area contributed by atoms with Gasteiger partial charge in [0, 0.05) is 6.42 Å². The Bertz CT molecular complexity index is 252. The molecule has 0 rings (SSSR count). The molecule has 0 unspecified atom stereocenters. The number of hydrogen-bond acceptors (Lipinski definition) is 2. The minimum atomic E-state index is -0.203. The number of carbonyl (C=O) groups excluding carboxylic acids is 1.